The van der Waals surface area contributed by atoms with E-state index in [0.29, 0.717) is 128 Å². The van der Waals surface area contributed by atoms with E-state index in [-0.39, 0.29) is 62.0 Å². The number of nitrogens with zero attached hydrogens (tertiary/aromatic N) is 2. The third-order valence-electron chi connectivity index (χ3n) is 12.5. The molecule has 2 aliphatic heterocycles. The minimum absolute atomic E-state index is 0.0984. The molecule has 0 aliphatic carbocycles. The maximum Gasteiger partial charge on any atom is 0.258 e. The molecule has 0 spiro atoms. The van der Waals surface area contributed by atoms with Crippen molar-refractivity contribution in [2.75, 3.05) is 88.8 Å². The second-order valence-electron chi connectivity index (χ2n) is 17.6. The van der Waals surface area contributed by atoms with E-state index in [2.05, 4.69) is 32.2 Å². The van der Waals surface area contributed by atoms with Gasteiger partial charge in [-0.1, -0.05) is 44.7 Å². The summed E-state index contributed by atoms with van der Waals surface area (Å²) in [7, 11) is 1.53. The van der Waals surface area contributed by atoms with Crippen LogP contribution < -0.4 is 26.4 Å². The van der Waals surface area contributed by atoms with Crippen LogP contribution in [0.25, 0.3) is 22.3 Å². The number of carbonyl (C=O) groups is 5. The number of nitrogens with one attached hydrogen (secondary N) is 4. The van der Waals surface area contributed by atoms with Gasteiger partial charge in [0.05, 0.1) is 57.7 Å². The number of pyridine rings is 1. The van der Waals surface area contributed by atoms with Crippen LogP contribution in [0.2, 0.25) is 0 Å². The third-order valence-corrected chi connectivity index (χ3v) is 13.3. The van der Waals surface area contributed by atoms with Crippen LogP contribution in [0, 0.1) is 11.7 Å². The van der Waals surface area contributed by atoms with Gasteiger partial charge in [0.25, 0.3) is 11.8 Å². The van der Waals surface area contributed by atoms with Crippen LogP contribution in [-0.4, -0.2) is 119 Å². The van der Waals surface area contributed by atoms with E-state index in [9.17, 15) is 24.0 Å². The molecule has 4 amide bonds. The van der Waals surface area contributed by atoms with Gasteiger partial charge in [-0.3, -0.25) is 19.2 Å². The van der Waals surface area contributed by atoms with Gasteiger partial charge in [-0.05, 0) is 97.6 Å². The van der Waals surface area contributed by atoms with Crippen LogP contribution in [0.5, 0.6) is 0 Å². The number of benzene rings is 3. The first-order chi connectivity index (χ1) is 35.9. The lowest BCUT2D eigenvalue weighted by atomic mass is 9.94. The Labute approximate surface area is 436 Å². The lowest BCUT2D eigenvalue weighted by Crippen LogP contribution is -2.37. The number of aromatic nitrogens is 1. The van der Waals surface area contributed by atoms with E-state index in [0.717, 1.165) is 36.1 Å². The lowest BCUT2D eigenvalue weighted by Gasteiger charge is -2.24. The van der Waals surface area contributed by atoms with E-state index in [1.807, 2.05) is 50.2 Å². The van der Waals surface area contributed by atoms with Gasteiger partial charge in [0.1, 0.15) is 30.3 Å². The monoisotopic (exact) mass is 1040 g/mol. The number of hydrogen-bond acceptors (Lipinski definition) is 14. The minimum atomic E-state index is -0.779. The molecule has 3 heterocycles. The molecule has 2 unspecified atom stereocenters. The summed E-state index contributed by atoms with van der Waals surface area (Å²) >= 11 is 1.24. The first kappa shape index (κ1) is 56.7. The van der Waals surface area contributed by atoms with E-state index < -0.39 is 11.9 Å². The number of anilines is 3. The molecular weight excluding hydrogens is 970 g/mol. The molecule has 396 valence electrons. The molecule has 0 bridgehead atoms. The topological polar surface area (TPSA) is 222 Å². The average Bonchev–Trinajstić information content (AvgIpc) is 3.62. The van der Waals surface area contributed by atoms with Crippen molar-refractivity contribution in [2.45, 2.75) is 76.2 Å². The fraction of sp³-hybridized carbons (Fsp3) is 0.418. The summed E-state index contributed by atoms with van der Waals surface area (Å²) in [6, 6.07) is 18.8. The number of rotatable bonds is 31. The van der Waals surface area contributed by atoms with Gasteiger partial charge < -0.3 is 59.8 Å². The molecular formula is C55H68FN7O10S. The predicted molar refractivity (Wildman–Crippen MR) is 283 cm³/mol. The molecule has 74 heavy (non-hydrogen) atoms. The molecule has 0 saturated carbocycles. The zero-order chi connectivity index (χ0) is 52.8. The molecule has 6 N–H and O–H groups in total. The van der Waals surface area contributed by atoms with Crippen molar-refractivity contribution >= 4 is 59.1 Å². The number of unbranched alkanes of at least 4 members (excludes halogenated alkanes) is 2. The predicted octanol–water partition coefficient (Wildman–Crippen LogP) is 7.87. The molecule has 1 aromatic heterocycles. The van der Waals surface area contributed by atoms with Crippen LogP contribution in [0.1, 0.15) is 74.7 Å². The Bertz CT molecular complexity index is 2630. The summed E-state index contributed by atoms with van der Waals surface area (Å²) < 4.78 is 47.4. The van der Waals surface area contributed by atoms with E-state index >= 15 is 4.39 Å². The molecule has 1 saturated heterocycles. The summed E-state index contributed by atoms with van der Waals surface area (Å²) in [4.78, 5) is 68.2. The Morgan fingerprint density at radius 2 is 1.57 bits per heavy atom. The highest BCUT2D eigenvalue weighted by molar-refractivity contribution is 8.00. The molecule has 0 radical (unpaired) electrons. The molecule has 2 aliphatic rings. The summed E-state index contributed by atoms with van der Waals surface area (Å²) in [5, 5.41) is 8.27. The van der Waals surface area contributed by atoms with Crippen LogP contribution >= 0.6 is 11.9 Å². The summed E-state index contributed by atoms with van der Waals surface area (Å²) in [6.45, 7) is 12.1. The number of carbonyl (C=O) groups excluding carboxylic acids is 5. The Balaban J connectivity index is 0.773. The van der Waals surface area contributed by atoms with Gasteiger partial charge >= 0.3 is 0 Å². The van der Waals surface area contributed by atoms with E-state index in [1.165, 1.54) is 30.0 Å². The number of aldehydes is 1. The fourth-order valence-corrected chi connectivity index (χ4v) is 9.10. The molecule has 4 aromatic rings. The first-order valence-electron chi connectivity index (χ1n) is 25.1. The van der Waals surface area contributed by atoms with Gasteiger partial charge in [0.15, 0.2) is 0 Å². The van der Waals surface area contributed by atoms with Crippen LogP contribution in [0.3, 0.4) is 0 Å². The van der Waals surface area contributed by atoms with Gasteiger partial charge in [-0.15, -0.1) is 0 Å². The highest BCUT2D eigenvalue weighted by Gasteiger charge is 2.42. The zero-order valence-corrected chi connectivity index (χ0v) is 43.3. The Kier molecular flexibility index (Phi) is 22.4. The number of allylic oxidation sites excluding steroid dienone is 2. The van der Waals surface area contributed by atoms with Crippen molar-refractivity contribution in [2.24, 2.45) is 5.92 Å². The van der Waals surface area contributed by atoms with Crippen molar-refractivity contribution < 1.29 is 52.0 Å². The molecule has 17 nitrogen and oxygen atoms in total. The molecule has 2 atom stereocenters. The third kappa shape index (κ3) is 16.2. The van der Waals surface area contributed by atoms with Crippen molar-refractivity contribution in [1.82, 2.24) is 20.5 Å². The standard InChI is InChI=1S/C55H68FN7O10S/c1-5-49(52-36(2)37(3)63(55(52)68)43(35-64)13-17-50(65)58-4)73-29-28-72-27-25-70-22-8-6-7-21-69-24-26-71-23-19-51(66)61-41-10-9-11-42(32-41)62-74-44-14-16-45(48(56)33-44)40-31-47(53(57)60-34-40)38-12-15-46-39(30-38)18-20-59-54(46)67/h9-12,14-16,30-36,43,62H,3,5-8,13,17-29H2,1-2,4H3,(H2,57,60)(H,58,65)(H,59,67)(H,61,66)/b52-49-. The van der Waals surface area contributed by atoms with Gasteiger partial charge in [0, 0.05) is 96.0 Å². The van der Waals surface area contributed by atoms with E-state index in [1.54, 1.807) is 30.5 Å². The molecule has 1 fully saturated rings. The normalized spacial score (nSPS) is 15.3. The SMILES string of the molecule is C=C1C(C)/C(=C(\CC)OCCOCCOCCCCCOCCOCCC(=O)Nc2cccc(NSc3ccc(-c4cnc(N)c(-c5ccc6c(c5)CCNC6=O)c4)c(F)c3)c2)C(=O)N1C(C=O)CCC(=O)NC. The summed E-state index contributed by atoms with van der Waals surface area (Å²) in [5.41, 5.74) is 12.6. The van der Waals surface area contributed by atoms with Crippen LogP contribution in [0.15, 0.2) is 101 Å². The van der Waals surface area contributed by atoms with Crippen LogP contribution in [-0.2, 0) is 49.3 Å². The maximum atomic E-state index is 15.6. The van der Waals surface area contributed by atoms with Crippen LogP contribution in [0.4, 0.5) is 21.6 Å². The largest absolute Gasteiger partial charge is 0.495 e. The Morgan fingerprint density at radius 1 is 0.865 bits per heavy atom. The maximum absolute atomic E-state index is 15.6. The lowest BCUT2D eigenvalue weighted by molar-refractivity contribution is -0.130. The number of amides is 4. The second-order valence-corrected chi connectivity index (χ2v) is 18.5. The van der Waals surface area contributed by atoms with Gasteiger partial charge in [-0.25, -0.2) is 9.37 Å². The zero-order valence-electron chi connectivity index (χ0n) is 42.4. The number of halogens is 1. The van der Waals surface area contributed by atoms with E-state index in [4.69, 9.17) is 29.4 Å². The molecule has 6 rings (SSSR count). The average molecular weight is 1040 g/mol. The van der Waals surface area contributed by atoms with Crippen molar-refractivity contribution in [1.29, 1.82) is 0 Å². The second kappa shape index (κ2) is 29.3. The number of hydrogen-bond donors (Lipinski definition) is 5. The number of ether oxygens (including phenoxy) is 5. The number of fused-ring (bicyclic) bond motifs is 1. The van der Waals surface area contributed by atoms with Gasteiger partial charge in [-0.2, -0.15) is 0 Å². The quantitative estimate of drug-likeness (QED) is 0.0106. The summed E-state index contributed by atoms with van der Waals surface area (Å²) in [6.07, 6.45) is 6.65. The number of nitrogen functional groups attached to an aromatic ring is 1. The highest BCUT2D eigenvalue weighted by atomic mass is 32.2. The summed E-state index contributed by atoms with van der Waals surface area (Å²) in [5.74, 6) is -0.706. The van der Waals surface area contributed by atoms with Gasteiger partial charge in [0.2, 0.25) is 11.8 Å². The smallest absolute Gasteiger partial charge is 0.258 e. The van der Waals surface area contributed by atoms with Crippen molar-refractivity contribution in [3.05, 3.63) is 113 Å². The van der Waals surface area contributed by atoms with Crippen molar-refractivity contribution in [3.8, 4) is 22.3 Å². The Hall–Kier alpha value is -6.64. The highest BCUT2D eigenvalue weighted by Crippen LogP contribution is 2.38. The minimum Gasteiger partial charge on any atom is -0.495 e. The molecule has 19 heteroatoms. The number of nitrogens with two attached hydrogens (primary N) is 1. The number of likely N-dealkylation sites (tertiary alicyclic amines) is 1. The van der Waals surface area contributed by atoms with Crippen molar-refractivity contribution in [3.63, 3.8) is 0 Å². The molecule has 3 aromatic carbocycles. The first-order valence-corrected chi connectivity index (χ1v) is 25.9. The Morgan fingerprint density at radius 3 is 2.28 bits per heavy atom. The fourth-order valence-electron chi connectivity index (χ4n) is 8.44.